The molecule has 5 heteroatoms. The third-order valence-corrected chi connectivity index (χ3v) is 7.18. The van der Waals surface area contributed by atoms with E-state index in [1.54, 1.807) is 0 Å². The zero-order valence-electron chi connectivity index (χ0n) is 18.5. The van der Waals surface area contributed by atoms with Gasteiger partial charge in [0.2, 0.25) is 5.91 Å². The Kier molecular flexibility index (Phi) is 5.97. The summed E-state index contributed by atoms with van der Waals surface area (Å²) in [6.45, 7) is 7.70. The van der Waals surface area contributed by atoms with Gasteiger partial charge in [0.1, 0.15) is 5.75 Å². The van der Waals surface area contributed by atoms with Gasteiger partial charge < -0.3 is 10.1 Å². The fraction of sp³-hybridized carbons (Fsp3) is 0.500. The first kappa shape index (κ1) is 20.5. The molecule has 31 heavy (non-hydrogen) atoms. The Morgan fingerprint density at radius 1 is 1.10 bits per heavy atom. The standard InChI is InChI=1S/C26H33N3O2/c1-19(26(30)27-24-8-4-6-21-5-2-3-7-23(21)24)29-14-12-28(13-15-29)18-20-9-10-25-22(17-20)11-16-31-25/h2-3,5,7,9-10,17,19,24H,4,6,8,11-16,18H2,1H3,(H,27,30)/t19-,24-/m1/s1. The van der Waals surface area contributed by atoms with Crippen LogP contribution in [0.2, 0.25) is 0 Å². The number of fused-ring (bicyclic) bond motifs is 2. The maximum Gasteiger partial charge on any atom is 0.237 e. The normalized spacial score (nSPS) is 22.3. The van der Waals surface area contributed by atoms with E-state index < -0.39 is 0 Å². The Balaban J connectivity index is 1.13. The van der Waals surface area contributed by atoms with Crippen molar-refractivity contribution in [3.63, 3.8) is 0 Å². The molecule has 1 fully saturated rings. The molecule has 1 saturated heterocycles. The Labute approximate surface area is 185 Å². The number of hydrogen-bond acceptors (Lipinski definition) is 4. The van der Waals surface area contributed by atoms with Gasteiger partial charge in [0.25, 0.3) is 0 Å². The maximum absolute atomic E-state index is 13.0. The predicted octanol–water partition coefficient (Wildman–Crippen LogP) is 3.32. The molecule has 1 aliphatic carbocycles. The van der Waals surface area contributed by atoms with Crippen LogP contribution in [0.1, 0.15) is 48.1 Å². The van der Waals surface area contributed by atoms with Crippen LogP contribution >= 0.6 is 0 Å². The molecule has 0 unspecified atom stereocenters. The molecule has 1 N–H and O–H groups in total. The molecule has 0 radical (unpaired) electrons. The Morgan fingerprint density at radius 2 is 1.94 bits per heavy atom. The van der Waals surface area contributed by atoms with Gasteiger partial charge in [-0.05, 0) is 54.5 Å². The lowest BCUT2D eigenvalue weighted by atomic mass is 9.87. The third kappa shape index (κ3) is 4.48. The second kappa shape index (κ2) is 9.01. The highest BCUT2D eigenvalue weighted by Crippen LogP contribution is 2.30. The molecule has 0 spiro atoms. The van der Waals surface area contributed by atoms with E-state index in [-0.39, 0.29) is 18.0 Å². The molecule has 2 aromatic carbocycles. The third-order valence-electron chi connectivity index (χ3n) is 7.18. The fourth-order valence-electron chi connectivity index (χ4n) is 5.27. The van der Waals surface area contributed by atoms with Crippen molar-refractivity contribution >= 4 is 5.91 Å². The van der Waals surface area contributed by atoms with Crippen molar-refractivity contribution in [3.05, 3.63) is 64.7 Å². The number of amides is 1. The number of nitrogens with one attached hydrogen (secondary N) is 1. The molecular formula is C26H33N3O2. The molecule has 0 bridgehead atoms. The van der Waals surface area contributed by atoms with Gasteiger partial charge in [-0.15, -0.1) is 0 Å². The summed E-state index contributed by atoms with van der Waals surface area (Å²) in [5.74, 6) is 1.21. The van der Waals surface area contributed by atoms with Crippen LogP contribution in [0.5, 0.6) is 5.75 Å². The van der Waals surface area contributed by atoms with Gasteiger partial charge in [0.15, 0.2) is 0 Å². The average molecular weight is 420 g/mol. The van der Waals surface area contributed by atoms with Gasteiger partial charge in [0.05, 0.1) is 18.7 Å². The van der Waals surface area contributed by atoms with Crippen molar-refractivity contribution in [1.29, 1.82) is 0 Å². The van der Waals surface area contributed by atoms with Gasteiger partial charge in [-0.1, -0.05) is 36.4 Å². The first-order valence-corrected chi connectivity index (χ1v) is 11.8. The lowest BCUT2D eigenvalue weighted by Gasteiger charge is -2.38. The van der Waals surface area contributed by atoms with E-state index >= 15 is 0 Å². The van der Waals surface area contributed by atoms with Gasteiger partial charge in [0, 0.05) is 39.1 Å². The van der Waals surface area contributed by atoms with E-state index in [9.17, 15) is 4.79 Å². The number of nitrogens with zero attached hydrogens (tertiary/aromatic N) is 2. The van der Waals surface area contributed by atoms with Crippen LogP contribution < -0.4 is 10.1 Å². The van der Waals surface area contributed by atoms with Gasteiger partial charge in [-0.2, -0.15) is 0 Å². The Morgan fingerprint density at radius 3 is 2.81 bits per heavy atom. The minimum absolute atomic E-state index is 0.0895. The van der Waals surface area contributed by atoms with Crippen molar-refractivity contribution in [3.8, 4) is 5.75 Å². The minimum atomic E-state index is -0.0895. The van der Waals surface area contributed by atoms with Crippen LogP contribution in [0.3, 0.4) is 0 Å². The molecule has 0 saturated carbocycles. The van der Waals surface area contributed by atoms with E-state index in [2.05, 4.69) is 64.5 Å². The number of aryl methyl sites for hydroxylation is 1. The summed E-state index contributed by atoms with van der Waals surface area (Å²) >= 11 is 0. The highest BCUT2D eigenvalue weighted by molar-refractivity contribution is 5.81. The number of ether oxygens (including phenoxy) is 1. The summed E-state index contributed by atoms with van der Waals surface area (Å²) < 4.78 is 5.62. The molecule has 2 aromatic rings. The number of hydrogen-bond donors (Lipinski definition) is 1. The van der Waals surface area contributed by atoms with Crippen LogP contribution in [0.15, 0.2) is 42.5 Å². The zero-order chi connectivity index (χ0) is 21.2. The SMILES string of the molecule is C[C@H](C(=O)N[C@@H]1CCCc2ccccc21)N1CCN(Cc2ccc3c(c2)CCO3)CC1. The molecule has 5 rings (SSSR count). The summed E-state index contributed by atoms with van der Waals surface area (Å²) in [6, 6.07) is 15.2. The van der Waals surface area contributed by atoms with E-state index in [1.807, 2.05) is 0 Å². The van der Waals surface area contributed by atoms with Gasteiger partial charge in [-0.3, -0.25) is 14.6 Å². The maximum atomic E-state index is 13.0. The molecule has 3 aliphatic rings. The summed E-state index contributed by atoms with van der Waals surface area (Å²) in [5, 5.41) is 3.34. The van der Waals surface area contributed by atoms with Crippen LogP contribution in [-0.2, 0) is 24.2 Å². The first-order chi connectivity index (χ1) is 15.2. The largest absolute Gasteiger partial charge is 0.493 e. The highest BCUT2D eigenvalue weighted by atomic mass is 16.5. The monoisotopic (exact) mass is 419 g/mol. The fourth-order valence-corrected chi connectivity index (χ4v) is 5.27. The Bertz CT molecular complexity index is 936. The minimum Gasteiger partial charge on any atom is -0.493 e. The lowest BCUT2D eigenvalue weighted by Crippen LogP contribution is -2.54. The van der Waals surface area contributed by atoms with Crippen molar-refractivity contribution in [2.45, 2.75) is 51.2 Å². The molecule has 2 aliphatic heterocycles. The van der Waals surface area contributed by atoms with Crippen molar-refractivity contribution in [2.24, 2.45) is 0 Å². The lowest BCUT2D eigenvalue weighted by molar-refractivity contribution is -0.127. The second-order valence-corrected chi connectivity index (χ2v) is 9.18. The van der Waals surface area contributed by atoms with Gasteiger partial charge >= 0.3 is 0 Å². The smallest absolute Gasteiger partial charge is 0.237 e. The Hall–Kier alpha value is -2.37. The van der Waals surface area contributed by atoms with E-state index in [0.29, 0.717) is 0 Å². The van der Waals surface area contributed by atoms with E-state index in [1.165, 1.54) is 22.3 Å². The summed E-state index contributed by atoms with van der Waals surface area (Å²) in [7, 11) is 0. The topological polar surface area (TPSA) is 44.8 Å². The molecule has 1 amide bonds. The van der Waals surface area contributed by atoms with Crippen molar-refractivity contribution in [2.75, 3.05) is 32.8 Å². The summed E-state index contributed by atoms with van der Waals surface area (Å²) in [5.41, 5.74) is 5.39. The number of piperazine rings is 1. The summed E-state index contributed by atoms with van der Waals surface area (Å²) in [4.78, 5) is 17.8. The molecule has 164 valence electrons. The molecule has 2 atom stereocenters. The average Bonchev–Trinajstić information content (AvgIpc) is 3.27. The van der Waals surface area contributed by atoms with Crippen LogP contribution in [-0.4, -0.2) is 54.5 Å². The molecule has 0 aromatic heterocycles. The van der Waals surface area contributed by atoms with Crippen molar-refractivity contribution < 1.29 is 9.53 Å². The van der Waals surface area contributed by atoms with Crippen molar-refractivity contribution in [1.82, 2.24) is 15.1 Å². The summed E-state index contributed by atoms with van der Waals surface area (Å²) in [6.07, 6.45) is 4.32. The van der Waals surface area contributed by atoms with Gasteiger partial charge in [-0.25, -0.2) is 0 Å². The number of carbonyl (C=O) groups excluding carboxylic acids is 1. The predicted molar refractivity (Wildman–Crippen MR) is 122 cm³/mol. The van der Waals surface area contributed by atoms with E-state index in [0.717, 1.165) is 70.8 Å². The highest BCUT2D eigenvalue weighted by Gasteiger charge is 2.28. The van der Waals surface area contributed by atoms with Crippen LogP contribution in [0, 0.1) is 0 Å². The van der Waals surface area contributed by atoms with E-state index in [4.69, 9.17) is 4.74 Å². The van der Waals surface area contributed by atoms with Crippen LogP contribution in [0.25, 0.3) is 0 Å². The number of rotatable bonds is 5. The molecule has 5 nitrogen and oxygen atoms in total. The number of carbonyl (C=O) groups is 1. The number of benzene rings is 2. The zero-order valence-corrected chi connectivity index (χ0v) is 18.5. The molecule has 2 heterocycles. The second-order valence-electron chi connectivity index (χ2n) is 9.18. The van der Waals surface area contributed by atoms with Crippen LogP contribution in [0.4, 0.5) is 0 Å². The first-order valence-electron chi connectivity index (χ1n) is 11.8. The quantitative estimate of drug-likeness (QED) is 0.808. The molecular weight excluding hydrogens is 386 g/mol.